The number of pyridine rings is 1. The molecule has 0 unspecified atom stereocenters. The number of fused-ring (bicyclic) bond motifs is 1. The predicted molar refractivity (Wildman–Crippen MR) is 113 cm³/mol. The molecular formula is C21H28N4OS. The average Bonchev–Trinajstić information content (AvgIpc) is 3.21. The van der Waals surface area contributed by atoms with Crippen molar-refractivity contribution in [2.45, 2.75) is 52.4 Å². The number of nitrogens with one attached hydrogen (secondary N) is 2. The van der Waals surface area contributed by atoms with Crippen LogP contribution in [0.2, 0.25) is 0 Å². The maximum Gasteiger partial charge on any atom is 0.253 e. The summed E-state index contributed by atoms with van der Waals surface area (Å²) in [4.78, 5) is 22.2. The van der Waals surface area contributed by atoms with E-state index in [1.165, 1.54) is 23.4 Å². The van der Waals surface area contributed by atoms with Crippen molar-refractivity contribution >= 4 is 21.7 Å². The highest BCUT2D eigenvalue weighted by molar-refractivity contribution is 7.18. The third-order valence-electron chi connectivity index (χ3n) is 5.87. The fourth-order valence-corrected chi connectivity index (χ4v) is 5.30. The second-order valence-corrected chi connectivity index (χ2v) is 9.06. The molecule has 0 bridgehead atoms. The molecule has 1 fully saturated rings. The van der Waals surface area contributed by atoms with Crippen LogP contribution in [0.25, 0.3) is 21.6 Å². The number of aromatic nitrogens is 3. The Bertz CT molecular complexity index is 1050. The predicted octanol–water partition coefficient (Wildman–Crippen LogP) is 4.20. The summed E-state index contributed by atoms with van der Waals surface area (Å²) in [5, 5.41) is 4.70. The van der Waals surface area contributed by atoms with E-state index in [0.29, 0.717) is 11.8 Å². The first kappa shape index (κ1) is 18.4. The number of hydrogen-bond donors (Lipinski definition) is 2. The molecule has 0 aliphatic carbocycles. The van der Waals surface area contributed by atoms with Crippen LogP contribution < -0.4 is 10.9 Å². The molecule has 2 N–H and O–H groups in total. The molecule has 27 heavy (non-hydrogen) atoms. The van der Waals surface area contributed by atoms with Gasteiger partial charge in [0.2, 0.25) is 0 Å². The molecule has 5 nitrogen and oxygen atoms in total. The van der Waals surface area contributed by atoms with Crippen LogP contribution in [-0.2, 0) is 7.05 Å². The van der Waals surface area contributed by atoms with E-state index >= 15 is 0 Å². The van der Waals surface area contributed by atoms with Crippen molar-refractivity contribution in [2.24, 2.45) is 7.05 Å². The largest absolute Gasteiger partial charge is 0.345 e. The van der Waals surface area contributed by atoms with Gasteiger partial charge in [0.1, 0.15) is 10.3 Å². The van der Waals surface area contributed by atoms with E-state index < -0.39 is 0 Å². The second-order valence-electron chi connectivity index (χ2n) is 8.03. The van der Waals surface area contributed by atoms with E-state index in [1.54, 1.807) is 15.9 Å². The van der Waals surface area contributed by atoms with Crippen molar-refractivity contribution in [3.63, 3.8) is 0 Å². The van der Waals surface area contributed by atoms with Crippen molar-refractivity contribution in [2.75, 3.05) is 13.1 Å². The van der Waals surface area contributed by atoms with Crippen LogP contribution in [0.4, 0.5) is 0 Å². The highest BCUT2D eigenvalue weighted by Crippen LogP contribution is 2.41. The van der Waals surface area contributed by atoms with Crippen molar-refractivity contribution in [1.29, 1.82) is 0 Å². The first-order valence-corrected chi connectivity index (χ1v) is 10.6. The Morgan fingerprint density at radius 2 is 1.93 bits per heavy atom. The Morgan fingerprint density at radius 3 is 2.59 bits per heavy atom. The topological polar surface area (TPSA) is 62.7 Å². The van der Waals surface area contributed by atoms with E-state index in [4.69, 9.17) is 4.98 Å². The molecule has 3 aromatic heterocycles. The number of aryl methyl sites for hydroxylation is 1. The monoisotopic (exact) mass is 384 g/mol. The van der Waals surface area contributed by atoms with Gasteiger partial charge in [-0.15, -0.1) is 11.3 Å². The van der Waals surface area contributed by atoms with Gasteiger partial charge in [-0.25, -0.2) is 4.98 Å². The van der Waals surface area contributed by atoms with Crippen LogP contribution in [-0.4, -0.2) is 27.6 Å². The zero-order valence-electron chi connectivity index (χ0n) is 16.8. The summed E-state index contributed by atoms with van der Waals surface area (Å²) in [5.74, 6) is 0.927. The lowest BCUT2D eigenvalue weighted by Crippen LogP contribution is -2.26. The third kappa shape index (κ3) is 3.05. The van der Waals surface area contributed by atoms with Gasteiger partial charge in [0, 0.05) is 35.9 Å². The number of H-pyrrole nitrogens is 1. The van der Waals surface area contributed by atoms with Crippen molar-refractivity contribution in [3.05, 3.63) is 38.2 Å². The third-order valence-corrected chi connectivity index (χ3v) is 7.01. The van der Waals surface area contributed by atoms with Gasteiger partial charge in [0.05, 0.1) is 10.7 Å². The Balaban J connectivity index is 1.88. The Labute approximate surface area is 163 Å². The second kappa shape index (κ2) is 6.91. The minimum Gasteiger partial charge on any atom is -0.345 e. The summed E-state index contributed by atoms with van der Waals surface area (Å²) in [6, 6.07) is 0. The summed E-state index contributed by atoms with van der Waals surface area (Å²) in [6.45, 7) is 10.6. The molecule has 4 rings (SSSR count). The van der Waals surface area contributed by atoms with Crippen LogP contribution in [0.3, 0.4) is 0 Å². The van der Waals surface area contributed by atoms with Crippen molar-refractivity contribution in [1.82, 2.24) is 19.9 Å². The Morgan fingerprint density at radius 1 is 1.22 bits per heavy atom. The number of piperidine rings is 1. The number of hydrogen-bond acceptors (Lipinski definition) is 4. The first-order valence-electron chi connectivity index (χ1n) is 9.78. The molecule has 3 aromatic rings. The number of nitrogens with zero attached hydrogens (tertiary/aromatic N) is 2. The molecule has 0 aromatic carbocycles. The highest BCUT2D eigenvalue weighted by atomic mass is 32.1. The fourth-order valence-electron chi connectivity index (χ4n) is 4.15. The minimum absolute atomic E-state index is 0.0713. The zero-order valence-corrected chi connectivity index (χ0v) is 17.6. The molecule has 0 saturated carbocycles. The van der Waals surface area contributed by atoms with Crippen LogP contribution >= 0.6 is 11.3 Å². The smallest absolute Gasteiger partial charge is 0.253 e. The highest BCUT2D eigenvalue weighted by Gasteiger charge is 2.25. The van der Waals surface area contributed by atoms with Gasteiger partial charge in [0.25, 0.3) is 5.56 Å². The van der Waals surface area contributed by atoms with Crippen LogP contribution in [0.15, 0.2) is 11.0 Å². The van der Waals surface area contributed by atoms with Gasteiger partial charge in [-0.05, 0) is 51.3 Å². The first-order chi connectivity index (χ1) is 12.9. The van der Waals surface area contributed by atoms with Crippen LogP contribution in [0.1, 0.15) is 60.2 Å². The molecule has 0 amide bonds. The molecule has 0 atom stereocenters. The summed E-state index contributed by atoms with van der Waals surface area (Å²) in [7, 11) is 1.83. The lowest BCUT2D eigenvalue weighted by Gasteiger charge is -2.20. The van der Waals surface area contributed by atoms with Gasteiger partial charge < -0.3 is 14.9 Å². The maximum atomic E-state index is 12.3. The van der Waals surface area contributed by atoms with Crippen molar-refractivity contribution < 1.29 is 0 Å². The van der Waals surface area contributed by atoms with E-state index in [2.05, 4.69) is 24.1 Å². The van der Waals surface area contributed by atoms with Gasteiger partial charge in [0.15, 0.2) is 0 Å². The van der Waals surface area contributed by atoms with E-state index in [-0.39, 0.29) is 5.56 Å². The van der Waals surface area contributed by atoms with E-state index in [1.807, 2.05) is 27.1 Å². The van der Waals surface area contributed by atoms with Crippen molar-refractivity contribution in [3.8, 4) is 11.3 Å². The fraction of sp³-hybridized carbons (Fsp3) is 0.524. The van der Waals surface area contributed by atoms with Crippen LogP contribution in [0.5, 0.6) is 0 Å². The van der Waals surface area contributed by atoms with Crippen LogP contribution in [0, 0.1) is 13.8 Å². The number of aromatic amines is 1. The standard InChI is InChI=1S/C21H28N4OS/c1-11(2)16-17(15-10-25(5)21(26)13(4)12(15)3)23-20-18(16)24-19(27-20)14-6-8-22-9-7-14/h10-11,14,22-23H,6-9H2,1-5H3. The average molecular weight is 385 g/mol. The van der Waals surface area contributed by atoms with Gasteiger partial charge in [-0.1, -0.05) is 13.8 Å². The molecular weight excluding hydrogens is 356 g/mol. The van der Waals surface area contributed by atoms with E-state index in [0.717, 1.165) is 45.8 Å². The summed E-state index contributed by atoms with van der Waals surface area (Å²) in [5.41, 5.74) is 6.53. The minimum atomic E-state index is 0.0713. The maximum absolute atomic E-state index is 12.3. The SMILES string of the molecule is Cc1c(-c2[nH]c3sc(C4CCNCC4)nc3c2C(C)C)cn(C)c(=O)c1C. The lowest BCUT2D eigenvalue weighted by molar-refractivity contribution is 0.459. The Hall–Kier alpha value is -1.92. The summed E-state index contributed by atoms with van der Waals surface area (Å²) in [6.07, 6.45) is 4.29. The molecule has 0 radical (unpaired) electrons. The molecule has 144 valence electrons. The molecule has 1 aliphatic heterocycles. The molecule has 4 heterocycles. The molecule has 1 aliphatic rings. The van der Waals surface area contributed by atoms with Gasteiger partial charge in [-0.2, -0.15) is 0 Å². The van der Waals surface area contributed by atoms with Gasteiger partial charge in [-0.3, -0.25) is 4.79 Å². The normalized spacial score (nSPS) is 15.9. The molecule has 0 spiro atoms. The molecule has 6 heteroatoms. The number of rotatable bonds is 3. The summed E-state index contributed by atoms with van der Waals surface area (Å²) >= 11 is 1.81. The summed E-state index contributed by atoms with van der Waals surface area (Å²) < 4.78 is 1.69. The van der Waals surface area contributed by atoms with E-state index in [9.17, 15) is 4.79 Å². The zero-order chi connectivity index (χ0) is 19.3. The Kier molecular flexibility index (Phi) is 4.72. The van der Waals surface area contributed by atoms with Gasteiger partial charge >= 0.3 is 0 Å². The molecule has 1 saturated heterocycles. The quantitative estimate of drug-likeness (QED) is 0.711. The lowest BCUT2D eigenvalue weighted by atomic mass is 9.95. The number of thiazole rings is 1.